The molecule has 0 fully saturated rings. The van der Waals surface area contributed by atoms with E-state index in [2.05, 4.69) is 43.2 Å². The number of aromatic nitrogens is 2. The van der Waals surface area contributed by atoms with E-state index in [4.69, 9.17) is 0 Å². The zero-order valence-electron chi connectivity index (χ0n) is 11.7. The van der Waals surface area contributed by atoms with Gasteiger partial charge in [0.2, 0.25) is 11.0 Å². The minimum atomic E-state index is 0.0446. The van der Waals surface area contributed by atoms with Gasteiger partial charge in [0.15, 0.2) is 0 Å². The highest BCUT2D eigenvalue weighted by Crippen LogP contribution is 2.19. The predicted molar refractivity (Wildman–Crippen MR) is 75.8 cm³/mol. The van der Waals surface area contributed by atoms with Gasteiger partial charge in [-0.15, -0.1) is 10.2 Å². The van der Waals surface area contributed by atoms with Crippen LogP contribution in [0.1, 0.15) is 52.0 Å². The molecule has 5 heteroatoms. The number of nitrogens with zero attached hydrogens (tertiary/aromatic N) is 2. The van der Waals surface area contributed by atoms with E-state index in [0.29, 0.717) is 23.4 Å². The number of hydrogen-bond donors (Lipinski definition) is 1. The number of nitrogens with one attached hydrogen (secondary N) is 1. The summed E-state index contributed by atoms with van der Waals surface area (Å²) in [5, 5.41) is 12.5. The summed E-state index contributed by atoms with van der Waals surface area (Å²) in [6.45, 7) is 8.53. The zero-order valence-corrected chi connectivity index (χ0v) is 12.5. The zero-order chi connectivity index (χ0) is 13.5. The lowest BCUT2D eigenvalue weighted by Gasteiger charge is -2.08. The summed E-state index contributed by atoms with van der Waals surface area (Å²) in [6, 6.07) is 0. The average Bonchev–Trinajstić information content (AvgIpc) is 2.64. The lowest BCUT2D eigenvalue weighted by atomic mass is 10.0. The Hall–Kier alpha value is -0.970. The minimum absolute atomic E-state index is 0.0446. The maximum atomic E-state index is 11.8. The van der Waals surface area contributed by atoms with Crippen molar-refractivity contribution in [2.75, 3.05) is 5.32 Å². The molecule has 0 aliphatic heterocycles. The molecule has 0 spiro atoms. The highest BCUT2D eigenvalue weighted by atomic mass is 32.1. The molecule has 0 radical (unpaired) electrons. The van der Waals surface area contributed by atoms with E-state index in [0.717, 1.165) is 24.3 Å². The monoisotopic (exact) mass is 269 g/mol. The van der Waals surface area contributed by atoms with Crippen LogP contribution < -0.4 is 5.32 Å². The fourth-order valence-electron chi connectivity index (χ4n) is 1.82. The first kappa shape index (κ1) is 15.1. The quantitative estimate of drug-likeness (QED) is 0.824. The molecule has 102 valence electrons. The molecule has 1 N–H and O–H groups in total. The van der Waals surface area contributed by atoms with Gasteiger partial charge in [-0.05, 0) is 11.8 Å². The van der Waals surface area contributed by atoms with Crippen LogP contribution in [0.2, 0.25) is 0 Å². The third-order valence-electron chi connectivity index (χ3n) is 2.61. The van der Waals surface area contributed by atoms with Gasteiger partial charge >= 0.3 is 0 Å². The molecule has 1 aromatic heterocycles. The van der Waals surface area contributed by atoms with Gasteiger partial charge in [0, 0.05) is 12.8 Å². The molecule has 1 amide bonds. The number of anilines is 1. The second-order valence-corrected chi connectivity index (χ2v) is 6.31. The van der Waals surface area contributed by atoms with Gasteiger partial charge in [-0.3, -0.25) is 4.79 Å². The van der Waals surface area contributed by atoms with Gasteiger partial charge in [0.1, 0.15) is 5.01 Å². The van der Waals surface area contributed by atoms with Crippen molar-refractivity contribution in [1.82, 2.24) is 10.2 Å². The molecule has 0 aliphatic carbocycles. The second kappa shape index (κ2) is 7.46. The molecule has 1 atom stereocenters. The fourth-order valence-corrected chi connectivity index (χ4v) is 2.79. The van der Waals surface area contributed by atoms with Crippen LogP contribution in [0.25, 0.3) is 0 Å². The maximum Gasteiger partial charge on any atom is 0.226 e. The Kier molecular flexibility index (Phi) is 6.25. The van der Waals surface area contributed by atoms with Crippen LogP contribution in [0.4, 0.5) is 5.13 Å². The summed E-state index contributed by atoms with van der Waals surface area (Å²) >= 11 is 1.48. The van der Waals surface area contributed by atoms with Gasteiger partial charge in [0.25, 0.3) is 0 Å². The molecule has 0 aliphatic rings. The number of amides is 1. The summed E-state index contributed by atoms with van der Waals surface area (Å²) in [7, 11) is 0. The molecule has 1 unspecified atom stereocenters. The van der Waals surface area contributed by atoms with E-state index in [9.17, 15) is 4.79 Å². The molecule has 1 rings (SSSR count). The van der Waals surface area contributed by atoms with E-state index >= 15 is 0 Å². The normalized spacial score (nSPS) is 12.7. The smallest absolute Gasteiger partial charge is 0.226 e. The van der Waals surface area contributed by atoms with Crippen molar-refractivity contribution < 1.29 is 4.79 Å². The molecule has 0 saturated carbocycles. The van der Waals surface area contributed by atoms with Gasteiger partial charge in [-0.2, -0.15) is 0 Å². The standard InChI is InChI=1S/C13H23N3OS/c1-5-6-10(4)8-11(17)14-13-16-15-12(18-13)7-9(2)3/h9-10H,5-8H2,1-4H3,(H,14,16,17). The summed E-state index contributed by atoms with van der Waals surface area (Å²) in [4.78, 5) is 11.8. The third kappa shape index (κ3) is 5.58. The Morgan fingerprint density at radius 1 is 1.33 bits per heavy atom. The van der Waals surface area contributed by atoms with Gasteiger partial charge < -0.3 is 5.32 Å². The number of carbonyl (C=O) groups is 1. The van der Waals surface area contributed by atoms with E-state index < -0.39 is 0 Å². The van der Waals surface area contributed by atoms with Crippen LogP contribution in [0.3, 0.4) is 0 Å². The van der Waals surface area contributed by atoms with Crippen LogP contribution >= 0.6 is 11.3 Å². The fraction of sp³-hybridized carbons (Fsp3) is 0.769. The topological polar surface area (TPSA) is 54.9 Å². The van der Waals surface area contributed by atoms with Crippen molar-refractivity contribution >= 4 is 22.4 Å². The highest BCUT2D eigenvalue weighted by Gasteiger charge is 2.12. The predicted octanol–water partition coefficient (Wildman–Crippen LogP) is 3.50. The van der Waals surface area contributed by atoms with Crippen LogP contribution in [0.15, 0.2) is 0 Å². The van der Waals surface area contributed by atoms with Gasteiger partial charge in [-0.1, -0.05) is 51.9 Å². The van der Waals surface area contributed by atoms with Crippen LogP contribution in [0, 0.1) is 11.8 Å². The van der Waals surface area contributed by atoms with Gasteiger partial charge in [-0.25, -0.2) is 0 Å². The summed E-state index contributed by atoms with van der Waals surface area (Å²) in [6.07, 6.45) is 3.68. The first-order valence-electron chi connectivity index (χ1n) is 6.63. The largest absolute Gasteiger partial charge is 0.301 e. The lowest BCUT2D eigenvalue weighted by molar-refractivity contribution is -0.117. The van der Waals surface area contributed by atoms with E-state index in [-0.39, 0.29) is 5.91 Å². The van der Waals surface area contributed by atoms with Crippen molar-refractivity contribution in [3.63, 3.8) is 0 Å². The van der Waals surface area contributed by atoms with Crippen LogP contribution in [0.5, 0.6) is 0 Å². The van der Waals surface area contributed by atoms with Crippen molar-refractivity contribution in [3.8, 4) is 0 Å². The molecule has 1 aromatic rings. The molecular formula is C13H23N3OS. The number of hydrogen-bond acceptors (Lipinski definition) is 4. The molecule has 4 nitrogen and oxygen atoms in total. The Balaban J connectivity index is 2.42. The van der Waals surface area contributed by atoms with Crippen molar-refractivity contribution in [2.45, 2.75) is 53.4 Å². The Labute approximate surface area is 113 Å². The molecule has 18 heavy (non-hydrogen) atoms. The average molecular weight is 269 g/mol. The van der Waals surface area contributed by atoms with Crippen LogP contribution in [-0.4, -0.2) is 16.1 Å². The Morgan fingerprint density at radius 3 is 2.67 bits per heavy atom. The molecule has 0 saturated heterocycles. The SMILES string of the molecule is CCCC(C)CC(=O)Nc1nnc(CC(C)C)s1. The van der Waals surface area contributed by atoms with Crippen molar-refractivity contribution in [3.05, 3.63) is 5.01 Å². The lowest BCUT2D eigenvalue weighted by Crippen LogP contribution is -2.14. The summed E-state index contributed by atoms with van der Waals surface area (Å²) < 4.78 is 0. The summed E-state index contributed by atoms with van der Waals surface area (Å²) in [5.74, 6) is 1.03. The second-order valence-electron chi connectivity index (χ2n) is 5.25. The number of rotatable bonds is 7. The molecular weight excluding hydrogens is 246 g/mol. The Bertz CT molecular complexity index is 376. The summed E-state index contributed by atoms with van der Waals surface area (Å²) in [5.41, 5.74) is 0. The Morgan fingerprint density at radius 2 is 2.06 bits per heavy atom. The third-order valence-corrected chi connectivity index (χ3v) is 3.47. The number of carbonyl (C=O) groups excluding carboxylic acids is 1. The first-order valence-corrected chi connectivity index (χ1v) is 7.45. The van der Waals surface area contributed by atoms with Crippen LogP contribution in [-0.2, 0) is 11.2 Å². The molecule has 0 aromatic carbocycles. The molecule has 1 heterocycles. The van der Waals surface area contributed by atoms with Crippen molar-refractivity contribution in [2.24, 2.45) is 11.8 Å². The van der Waals surface area contributed by atoms with Gasteiger partial charge in [0.05, 0.1) is 0 Å². The van der Waals surface area contributed by atoms with E-state index in [1.54, 1.807) is 0 Å². The minimum Gasteiger partial charge on any atom is -0.301 e. The highest BCUT2D eigenvalue weighted by molar-refractivity contribution is 7.15. The maximum absolute atomic E-state index is 11.8. The first-order chi connectivity index (χ1) is 8.51. The molecule has 0 bridgehead atoms. The van der Waals surface area contributed by atoms with E-state index in [1.165, 1.54) is 11.3 Å². The van der Waals surface area contributed by atoms with Crippen molar-refractivity contribution in [1.29, 1.82) is 0 Å². The van der Waals surface area contributed by atoms with E-state index in [1.807, 2.05) is 0 Å².